The lowest BCUT2D eigenvalue weighted by atomic mass is 10.0. The number of anilines is 1. The number of aromatic nitrogens is 1. The average Bonchev–Trinajstić information content (AvgIpc) is 3.06. The fraction of sp³-hybridized carbons (Fsp3) is 0.267. The van der Waals surface area contributed by atoms with Crippen LogP contribution in [0.2, 0.25) is 0 Å². The first kappa shape index (κ1) is 16.7. The van der Waals surface area contributed by atoms with E-state index in [9.17, 15) is 18.0 Å². The molecule has 1 unspecified atom stereocenters. The zero-order chi connectivity index (χ0) is 17.3. The van der Waals surface area contributed by atoms with Gasteiger partial charge in [0.2, 0.25) is 10.0 Å². The summed E-state index contributed by atoms with van der Waals surface area (Å²) in [6, 6.07) is 4.54. The van der Waals surface area contributed by atoms with E-state index in [-0.39, 0.29) is 17.0 Å². The van der Waals surface area contributed by atoms with Crippen molar-refractivity contribution in [3.63, 3.8) is 0 Å². The van der Waals surface area contributed by atoms with Gasteiger partial charge in [0.1, 0.15) is 0 Å². The normalized spacial score (nSPS) is 19.7. The molecular formula is C15H15N3O4S2. The molecule has 24 heavy (non-hydrogen) atoms. The van der Waals surface area contributed by atoms with Gasteiger partial charge < -0.3 is 5.32 Å². The van der Waals surface area contributed by atoms with Crippen LogP contribution in [-0.2, 0) is 14.8 Å². The Morgan fingerprint density at radius 1 is 1.38 bits per heavy atom. The topological polar surface area (TPSA) is 96.4 Å². The number of sulfonamides is 1. The van der Waals surface area contributed by atoms with Crippen LogP contribution in [-0.4, -0.2) is 42.0 Å². The first-order valence-electron chi connectivity index (χ1n) is 7.32. The van der Waals surface area contributed by atoms with Gasteiger partial charge in [-0.15, -0.1) is 11.3 Å². The second kappa shape index (κ2) is 6.42. The lowest BCUT2D eigenvalue weighted by molar-refractivity contribution is -0.118. The van der Waals surface area contributed by atoms with Crippen LogP contribution in [0.4, 0.5) is 5.13 Å². The molecule has 3 rings (SSSR count). The highest BCUT2D eigenvalue weighted by molar-refractivity contribution is 7.89. The number of Topliss-reactive ketones (excluding diaryl/α,β-unsaturated/α-hetero) is 1. The van der Waals surface area contributed by atoms with Gasteiger partial charge in [-0.05, 0) is 18.6 Å². The van der Waals surface area contributed by atoms with Crippen LogP contribution in [0, 0.1) is 0 Å². The van der Waals surface area contributed by atoms with Crippen LogP contribution >= 0.6 is 11.3 Å². The summed E-state index contributed by atoms with van der Waals surface area (Å²) in [6.07, 6.45) is 1.99. The quantitative estimate of drug-likeness (QED) is 0.833. The van der Waals surface area contributed by atoms with Crippen LogP contribution in [0.1, 0.15) is 23.7 Å². The number of ketones is 1. The summed E-state index contributed by atoms with van der Waals surface area (Å²) in [7, 11) is -3.92. The fourth-order valence-electron chi connectivity index (χ4n) is 2.62. The van der Waals surface area contributed by atoms with Gasteiger partial charge in [-0.3, -0.25) is 9.59 Å². The Hall–Kier alpha value is -2.10. The molecule has 1 N–H and O–H groups in total. The first-order valence-corrected chi connectivity index (χ1v) is 9.64. The summed E-state index contributed by atoms with van der Waals surface area (Å²) in [6.45, 7) is 1.87. The summed E-state index contributed by atoms with van der Waals surface area (Å²) in [5, 5.41) is 4.52. The van der Waals surface area contributed by atoms with E-state index in [1.165, 1.54) is 29.7 Å². The maximum atomic E-state index is 12.8. The number of carbonyl (C=O) groups excluding carboxylic acids is 2. The number of fused-ring (bicyclic) bond motifs is 1. The van der Waals surface area contributed by atoms with Gasteiger partial charge in [0.05, 0.1) is 4.90 Å². The molecule has 2 aromatic rings. The zero-order valence-electron chi connectivity index (χ0n) is 12.8. The number of rotatable bonds is 4. The van der Waals surface area contributed by atoms with Crippen molar-refractivity contribution in [3.05, 3.63) is 41.4 Å². The number of hydrogen-bond donors (Lipinski definition) is 1. The number of benzene rings is 1. The molecule has 0 fully saturated rings. The predicted molar refractivity (Wildman–Crippen MR) is 89.5 cm³/mol. The summed E-state index contributed by atoms with van der Waals surface area (Å²) in [4.78, 5) is 29.2. The summed E-state index contributed by atoms with van der Waals surface area (Å²) >= 11 is 1.19. The van der Waals surface area contributed by atoms with E-state index in [1.54, 1.807) is 24.4 Å². The Kier molecular flexibility index (Phi) is 4.48. The molecule has 9 heteroatoms. The molecular weight excluding hydrogens is 350 g/mol. The van der Waals surface area contributed by atoms with E-state index in [2.05, 4.69) is 10.3 Å². The van der Waals surface area contributed by atoms with Gasteiger partial charge in [-0.2, -0.15) is 4.31 Å². The van der Waals surface area contributed by atoms with Gasteiger partial charge in [-0.1, -0.05) is 19.1 Å². The molecule has 1 amide bonds. The minimum atomic E-state index is -3.92. The van der Waals surface area contributed by atoms with Crippen LogP contribution in [0.5, 0.6) is 0 Å². The number of thiazole rings is 1. The van der Waals surface area contributed by atoms with Crippen molar-refractivity contribution in [1.82, 2.24) is 9.29 Å². The van der Waals surface area contributed by atoms with E-state index in [0.717, 1.165) is 4.31 Å². The molecule has 1 aromatic carbocycles. The molecule has 0 aliphatic carbocycles. The summed E-state index contributed by atoms with van der Waals surface area (Å²) < 4.78 is 26.6. The van der Waals surface area contributed by atoms with Crippen molar-refractivity contribution in [2.75, 3.05) is 11.9 Å². The van der Waals surface area contributed by atoms with E-state index < -0.39 is 27.8 Å². The molecule has 0 spiro atoms. The Labute approximate surface area is 143 Å². The molecule has 0 bridgehead atoms. The maximum Gasteiger partial charge on any atom is 0.252 e. The van der Waals surface area contributed by atoms with Gasteiger partial charge in [0, 0.05) is 23.7 Å². The third-order valence-corrected chi connectivity index (χ3v) is 6.24. The third-order valence-electron chi connectivity index (χ3n) is 3.63. The predicted octanol–water partition coefficient (Wildman–Crippen LogP) is 1.75. The Bertz CT molecular complexity index is 878. The van der Waals surface area contributed by atoms with E-state index in [1.807, 2.05) is 0 Å². The van der Waals surface area contributed by atoms with Crippen molar-refractivity contribution in [2.45, 2.75) is 24.3 Å². The highest BCUT2D eigenvalue weighted by atomic mass is 32.2. The maximum absolute atomic E-state index is 12.8. The number of carbonyl (C=O) groups is 2. The van der Waals surface area contributed by atoms with Crippen molar-refractivity contribution in [3.8, 4) is 0 Å². The molecule has 1 aliphatic heterocycles. The zero-order valence-corrected chi connectivity index (χ0v) is 14.4. The molecule has 1 aromatic heterocycles. The van der Waals surface area contributed by atoms with Gasteiger partial charge >= 0.3 is 0 Å². The molecule has 0 saturated heterocycles. The van der Waals surface area contributed by atoms with E-state index >= 15 is 0 Å². The fourth-order valence-corrected chi connectivity index (χ4v) is 4.99. The van der Waals surface area contributed by atoms with Crippen LogP contribution in [0.25, 0.3) is 0 Å². The van der Waals surface area contributed by atoms with E-state index in [4.69, 9.17) is 0 Å². The smallest absolute Gasteiger partial charge is 0.252 e. The Morgan fingerprint density at radius 3 is 2.79 bits per heavy atom. The Balaban J connectivity index is 2.06. The SMILES string of the molecule is CCCN1C(C(=O)Nc2nccs2)C(=O)c2ccccc2S1(=O)=O. The standard InChI is InChI=1S/C15H15N3O4S2/c1-2-8-18-12(14(20)17-15-16-7-9-23-15)13(19)10-5-3-4-6-11(10)24(18,21)22/h3-7,9,12H,2,8H2,1H3,(H,16,17,20). The highest BCUT2D eigenvalue weighted by Crippen LogP contribution is 2.30. The van der Waals surface area contributed by atoms with Crippen LogP contribution in [0.15, 0.2) is 40.7 Å². The molecule has 1 atom stereocenters. The van der Waals surface area contributed by atoms with Gasteiger partial charge in [-0.25, -0.2) is 13.4 Å². The van der Waals surface area contributed by atoms with Gasteiger partial charge in [0.15, 0.2) is 17.0 Å². The Morgan fingerprint density at radius 2 is 2.12 bits per heavy atom. The molecule has 0 saturated carbocycles. The minimum Gasteiger partial charge on any atom is -0.300 e. The molecule has 1 aliphatic rings. The number of hydrogen-bond acceptors (Lipinski definition) is 6. The molecule has 2 heterocycles. The molecule has 7 nitrogen and oxygen atoms in total. The van der Waals surface area contributed by atoms with Crippen LogP contribution < -0.4 is 5.32 Å². The number of nitrogens with zero attached hydrogens (tertiary/aromatic N) is 2. The average molecular weight is 365 g/mol. The second-order valence-electron chi connectivity index (χ2n) is 5.21. The van der Waals surface area contributed by atoms with Gasteiger partial charge in [0.25, 0.3) is 5.91 Å². The second-order valence-corrected chi connectivity index (χ2v) is 7.96. The van der Waals surface area contributed by atoms with E-state index in [0.29, 0.717) is 11.6 Å². The lowest BCUT2D eigenvalue weighted by Gasteiger charge is -2.33. The summed E-state index contributed by atoms with van der Waals surface area (Å²) in [5.41, 5.74) is 0.0455. The third kappa shape index (κ3) is 2.74. The number of amides is 1. The van der Waals surface area contributed by atoms with Crippen molar-refractivity contribution in [1.29, 1.82) is 0 Å². The molecule has 126 valence electrons. The van der Waals surface area contributed by atoms with Crippen molar-refractivity contribution < 1.29 is 18.0 Å². The van der Waals surface area contributed by atoms with Crippen molar-refractivity contribution >= 4 is 38.2 Å². The molecule has 0 radical (unpaired) electrons. The minimum absolute atomic E-state index is 0.0455. The largest absolute Gasteiger partial charge is 0.300 e. The highest BCUT2D eigenvalue weighted by Gasteiger charge is 2.46. The van der Waals surface area contributed by atoms with Crippen LogP contribution in [0.3, 0.4) is 0 Å². The van der Waals surface area contributed by atoms with Crippen molar-refractivity contribution in [2.24, 2.45) is 0 Å². The number of nitrogens with one attached hydrogen (secondary N) is 1. The monoisotopic (exact) mass is 365 g/mol. The first-order chi connectivity index (χ1) is 11.5. The summed E-state index contributed by atoms with van der Waals surface area (Å²) in [5.74, 6) is -1.22. The lowest BCUT2D eigenvalue weighted by Crippen LogP contribution is -2.55.